The number of halogens is 6. The van der Waals surface area contributed by atoms with E-state index in [0.717, 1.165) is 24.3 Å². The van der Waals surface area contributed by atoms with Crippen LogP contribution in [0.2, 0.25) is 0 Å². The highest BCUT2D eigenvalue weighted by molar-refractivity contribution is 5.76. The number of carbonyl (C=O) groups excluding carboxylic acids is 1. The van der Waals surface area contributed by atoms with Gasteiger partial charge in [0.1, 0.15) is 18.2 Å². The maximum Gasteiger partial charge on any atom is 0.416 e. The lowest BCUT2D eigenvalue weighted by atomic mass is 10.1. The van der Waals surface area contributed by atoms with E-state index in [-0.39, 0.29) is 30.9 Å². The largest absolute Gasteiger partial charge is 0.445 e. The zero-order valence-electron chi connectivity index (χ0n) is 24.4. The molecule has 1 aliphatic heterocycles. The van der Waals surface area contributed by atoms with Gasteiger partial charge in [-0.3, -0.25) is 4.79 Å². The quantitative estimate of drug-likeness (QED) is 0.162. The van der Waals surface area contributed by atoms with Gasteiger partial charge >= 0.3 is 12.4 Å². The summed E-state index contributed by atoms with van der Waals surface area (Å²) in [6.45, 7) is 1.31. The van der Waals surface area contributed by atoms with Crippen molar-refractivity contribution in [2.75, 3.05) is 13.1 Å². The van der Waals surface area contributed by atoms with Crippen LogP contribution in [-0.2, 0) is 34.9 Å². The molecule has 4 aromatic rings. The maximum absolute atomic E-state index is 12.8. The number of oxazole rings is 2. The van der Waals surface area contributed by atoms with Crippen LogP contribution in [0.3, 0.4) is 0 Å². The Hall–Kier alpha value is -4.65. The van der Waals surface area contributed by atoms with E-state index in [9.17, 15) is 31.1 Å². The Morgan fingerprint density at radius 3 is 1.74 bits per heavy atom. The fourth-order valence-electron chi connectivity index (χ4n) is 4.75. The molecule has 1 amide bonds. The summed E-state index contributed by atoms with van der Waals surface area (Å²) in [6.07, 6.45) is 2.37. The van der Waals surface area contributed by atoms with E-state index in [1.54, 1.807) is 29.2 Å². The summed E-state index contributed by atoms with van der Waals surface area (Å²) >= 11 is 0. The highest BCUT2D eigenvalue weighted by Crippen LogP contribution is 2.30. The first-order valence-corrected chi connectivity index (χ1v) is 14.4. The van der Waals surface area contributed by atoms with Crippen LogP contribution in [0.25, 0.3) is 24.3 Å². The van der Waals surface area contributed by atoms with Gasteiger partial charge in [-0.05, 0) is 60.4 Å². The number of hydrogen-bond donors (Lipinski definition) is 0. The minimum Gasteiger partial charge on any atom is -0.445 e. The van der Waals surface area contributed by atoms with Crippen molar-refractivity contribution in [3.63, 3.8) is 0 Å². The van der Waals surface area contributed by atoms with E-state index in [1.165, 1.54) is 36.8 Å². The SMILES string of the molecule is O=C(CCc1coc(/C=C/c2ccc(C(F)(F)F)cc2)n1)N1CCC(OCc2coc(/C=C/c3ccc(C(F)(F)F)cc3)n2)CC1. The van der Waals surface area contributed by atoms with Crippen LogP contribution in [0.15, 0.2) is 69.9 Å². The normalized spacial score (nSPS) is 15.0. The Morgan fingerprint density at radius 2 is 1.24 bits per heavy atom. The van der Waals surface area contributed by atoms with E-state index in [2.05, 4.69) is 9.97 Å². The number of alkyl halides is 6. The first kappa shape index (κ1) is 32.7. The predicted molar refractivity (Wildman–Crippen MR) is 156 cm³/mol. The van der Waals surface area contributed by atoms with Gasteiger partial charge in [-0.15, -0.1) is 0 Å². The maximum atomic E-state index is 12.8. The minimum atomic E-state index is -4.39. The van der Waals surface area contributed by atoms with E-state index in [1.807, 2.05) is 0 Å². The number of ether oxygens (including phenoxy) is 1. The molecule has 0 unspecified atom stereocenters. The average molecular weight is 646 g/mol. The Bertz CT molecular complexity index is 1650. The smallest absolute Gasteiger partial charge is 0.416 e. The molecule has 242 valence electrons. The Morgan fingerprint density at radius 1 is 0.761 bits per heavy atom. The third kappa shape index (κ3) is 9.19. The molecule has 0 aliphatic carbocycles. The van der Waals surface area contributed by atoms with Crippen molar-refractivity contribution in [1.29, 1.82) is 0 Å². The van der Waals surface area contributed by atoms with Gasteiger partial charge in [-0.25, -0.2) is 9.97 Å². The fraction of sp³-hybridized carbons (Fsp3) is 0.303. The second kappa shape index (κ2) is 14.2. The minimum absolute atomic E-state index is 0.00993. The summed E-state index contributed by atoms with van der Waals surface area (Å²) in [5.74, 6) is 0.576. The molecule has 1 saturated heterocycles. The Kier molecular flexibility index (Phi) is 10.1. The molecule has 13 heteroatoms. The molecule has 5 rings (SSSR count). The summed E-state index contributed by atoms with van der Waals surface area (Å²) in [5, 5.41) is 0. The fourth-order valence-corrected chi connectivity index (χ4v) is 4.75. The van der Waals surface area contributed by atoms with Gasteiger partial charge in [0, 0.05) is 38.1 Å². The molecular formula is C33H29F6N3O4. The summed E-state index contributed by atoms with van der Waals surface area (Å²) in [7, 11) is 0. The van der Waals surface area contributed by atoms with E-state index in [0.29, 0.717) is 60.8 Å². The van der Waals surface area contributed by atoms with E-state index < -0.39 is 23.5 Å². The number of benzene rings is 2. The first-order valence-electron chi connectivity index (χ1n) is 14.4. The van der Waals surface area contributed by atoms with Crippen LogP contribution >= 0.6 is 0 Å². The number of rotatable bonds is 10. The average Bonchev–Trinajstić information content (AvgIpc) is 3.70. The number of likely N-dealkylation sites (tertiary alicyclic amines) is 1. The molecule has 2 aromatic heterocycles. The van der Waals surface area contributed by atoms with Crippen molar-refractivity contribution < 1.29 is 44.7 Å². The van der Waals surface area contributed by atoms with Crippen molar-refractivity contribution in [2.45, 2.75) is 50.7 Å². The molecule has 0 radical (unpaired) electrons. The number of amides is 1. The standard InChI is InChI=1S/C33H29F6N3O4/c34-32(35,36)24-7-1-22(2-8-24)5-12-29-40-26(19-45-29)11-14-31(43)42-17-15-28(16-18-42)44-20-27-21-46-30(41-27)13-6-23-3-9-25(10-4-23)33(37,38)39/h1-10,12-13,19,21,28H,11,14-18,20H2/b12-5+,13-6+. The number of hydrogen-bond acceptors (Lipinski definition) is 6. The van der Waals surface area contributed by atoms with Crippen LogP contribution in [0, 0.1) is 0 Å². The number of aromatic nitrogens is 2. The van der Waals surface area contributed by atoms with Crippen molar-refractivity contribution >= 4 is 30.2 Å². The third-order valence-electron chi connectivity index (χ3n) is 7.31. The topological polar surface area (TPSA) is 81.6 Å². The van der Waals surface area contributed by atoms with E-state index >= 15 is 0 Å². The highest BCUT2D eigenvalue weighted by atomic mass is 19.4. The molecule has 2 aromatic carbocycles. The zero-order valence-corrected chi connectivity index (χ0v) is 24.4. The molecule has 1 fully saturated rings. The molecule has 46 heavy (non-hydrogen) atoms. The van der Waals surface area contributed by atoms with E-state index in [4.69, 9.17) is 13.6 Å². The zero-order chi connectivity index (χ0) is 32.7. The van der Waals surface area contributed by atoms with Crippen molar-refractivity contribution in [3.8, 4) is 0 Å². The lowest BCUT2D eigenvalue weighted by Gasteiger charge is -2.31. The van der Waals surface area contributed by atoms with Crippen LogP contribution in [0.4, 0.5) is 26.3 Å². The monoisotopic (exact) mass is 645 g/mol. The summed E-state index contributed by atoms with van der Waals surface area (Å²) in [5.41, 5.74) is 0.868. The lowest BCUT2D eigenvalue weighted by molar-refractivity contribution is -0.138. The van der Waals surface area contributed by atoms with Crippen molar-refractivity contribution in [2.24, 2.45) is 0 Å². The molecule has 7 nitrogen and oxygen atoms in total. The molecule has 0 bridgehead atoms. The second-order valence-corrected chi connectivity index (χ2v) is 10.7. The van der Waals surface area contributed by atoms with Gasteiger partial charge in [0.15, 0.2) is 0 Å². The Labute approximate surface area is 260 Å². The molecule has 0 N–H and O–H groups in total. The summed E-state index contributed by atoms with van der Waals surface area (Å²) in [4.78, 5) is 23.2. The summed E-state index contributed by atoms with van der Waals surface area (Å²) < 4.78 is 93.0. The van der Waals surface area contributed by atoms with Gasteiger partial charge in [0.25, 0.3) is 0 Å². The number of nitrogens with zero attached hydrogens (tertiary/aromatic N) is 3. The van der Waals surface area contributed by atoms with Crippen molar-refractivity contribution in [1.82, 2.24) is 14.9 Å². The number of carbonyl (C=O) groups is 1. The molecule has 3 heterocycles. The van der Waals surface area contributed by atoms with Gasteiger partial charge in [0.2, 0.25) is 17.7 Å². The van der Waals surface area contributed by atoms with Gasteiger partial charge in [-0.1, -0.05) is 24.3 Å². The molecular weight excluding hydrogens is 616 g/mol. The third-order valence-corrected chi connectivity index (χ3v) is 7.31. The van der Waals surface area contributed by atoms with Crippen molar-refractivity contribution in [3.05, 3.63) is 106 Å². The molecule has 0 spiro atoms. The molecule has 0 atom stereocenters. The molecule has 0 saturated carbocycles. The second-order valence-electron chi connectivity index (χ2n) is 10.7. The van der Waals surface area contributed by atoms with Crippen LogP contribution in [-0.4, -0.2) is 40.0 Å². The van der Waals surface area contributed by atoms with Gasteiger partial charge < -0.3 is 18.5 Å². The van der Waals surface area contributed by atoms with Crippen LogP contribution in [0.5, 0.6) is 0 Å². The van der Waals surface area contributed by atoms with Crippen LogP contribution < -0.4 is 0 Å². The summed E-state index contributed by atoms with van der Waals surface area (Å²) in [6, 6.07) is 9.48. The van der Waals surface area contributed by atoms with Gasteiger partial charge in [-0.2, -0.15) is 26.3 Å². The number of piperidine rings is 1. The lowest BCUT2D eigenvalue weighted by Crippen LogP contribution is -2.41. The Balaban J connectivity index is 1.00. The van der Waals surface area contributed by atoms with Gasteiger partial charge in [0.05, 0.1) is 29.5 Å². The number of aryl methyl sites for hydroxylation is 1. The molecule has 1 aliphatic rings. The predicted octanol–water partition coefficient (Wildman–Crippen LogP) is 8.18. The first-order chi connectivity index (χ1) is 21.9. The highest BCUT2D eigenvalue weighted by Gasteiger charge is 2.30. The van der Waals surface area contributed by atoms with Crippen LogP contribution in [0.1, 0.15) is 64.7 Å².